The van der Waals surface area contributed by atoms with Crippen LogP contribution in [0.2, 0.25) is 0 Å². The number of nitrogens with zero attached hydrogens (tertiary/aromatic N) is 2. The Labute approximate surface area is 175 Å². The maximum Gasteiger partial charge on any atom is 0.235 e. The summed E-state index contributed by atoms with van der Waals surface area (Å²) in [5.74, 6) is -0.810. The average molecular weight is 424 g/mol. The number of halogens is 2. The lowest BCUT2D eigenvalue weighted by molar-refractivity contribution is -0.118. The molecule has 30 heavy (non-hydrogen) atoms. The van der Waals surface area contributed by atoms with E-state index in [1.54, 1.807) is 23.5 Å². The third-order valence-electron chi connectivity index (χ3n) is 5.63. The van der Waals surface area contributed by atoms with E-state index in [0.29, 0.717) is 31.0 Å². The number of hydrogen-bond acceptors (Lipinski definition) is 5. The van der Waals surface area contributed by atoms with E-state index in [4.69, 9.17) is 5.73 Å². The second-order valence-corrected chi connectivity index (χ2v) is 8.35. The van der Waals surface area contributed by atoms with Crippen molar-refractivity contribution in [3.63, 3.8) is 0 Å². The van der Waals surface area contributed by atoms with Gasteiger partial charge >= 0.3 is 0 Å². The van der Waals surface area contributed by atoms with Crippen molar-refractivity contribution in [2.24, 2.45) is 10.7 Å². The standard InChI is InChI=1S/C22H18F2N4OS/c23-13-1-6-18(24)17(11-13)22(8-9-22)21(29)27-14-2-4-15(5-3-14)28-12-26-20-16(19(28)25)7-10-30-20/h1-7,10-11H,8-9,12,25H2,(H,27,29). The van der Waals surface area contributed by atoms with Crippen LogP contribution in [0.3, 0.4) is 0 Å². The van der Waals surface area contributed by atoms with E-state index in [1.165, 1.54) is 0 Å². The van der Waals surface area contributed by atoms with E-state index >= 15 is 0 Å². The van der Waals surface area contributed by atoms with Crippen molar-refractivity contribution in [3.05, 3.63) is 81.0 Å². The number of benzene rings is 2. The summed E-state index contributed by atoms with van der Waals surface area (Å²) in [7, 11) is 0. The molecule has 152 valence electrons. The Kier molecular flexibility index (Phi) is 4.32. The van der Waals surface area contributed by atoms with Gasteiger partial charge < -0.3 is 16.0 Å². The van der Waals surface area contributed by atoms with Gasteiger partial charge in [0.05, 0.1) is 10.6 Å². The lowest BCUT2D eigenvalue weighted by Crippen LogP contribution is -2.41. The van der Waals surface area contributed by atoms with E-state index in [0.717, 1.165) is 33.8 Å². The van der Waals surface area contributed by atoms with E-state index in [1.807, 2.05) is 28.5 Å². The molecule has 1 aliphatic carbocycles. The quantitative estimate of drug-likeness (QED) is 0.677. The summed E-state index contributed by atoms with van der Waals surface area (Å²) in [6, 6.07) is 12.4. The zero-order valence-electron chi connectivity index (χ0n) is 15.9. The van der Waals surface area contributed by atoms with Crippen molar-refractivity contribution in [3.8, 4) is 0 Å². The van der Waals surface area contributed by atoms with Crippen molar-refractivity contribution in [1.82, 2.24) is 0 Å². The molecule has 0 atom stereocenters. The maximum atomic E-state index is 14.2. The molecular formula is C22H18F2N4OS. The topological polar surface area (TPSA) is 70.7 Å². The van der Waals surface area contributed by atoms with Gasteiger partial charge in [0.15, 0.2) is 0 Å². The largest absolute Gasteiger partial charge is 0.384 e. The molecule has 1 aliphatic heterocycles. The Hall–Kier alpha value is -3.26. The molecule has 1 amide bonds. The molecule has 0 spiro atoms. The number of rotatable bonds is 4. The molecule has 2 heterocycles. The zero-order chi connectivity index (χ0) is 20.9. The summed E-state index contributed by atoms with van der Waals surface area (Å²) in [6.07, 6.45) is 0.974. The fourth-order valence-electron chi connectivity index (χ4n) is 3.78. The van der Waals surface area contributed by atoms with Crippen LogP contribution in [0, 0.1) is 11.6 Å². The van der Waals surface area contributed by atoms with Crippen molar-refractivity contribution >= 4 is 34.4 Å². The Balaban J connectivity index is 1.36. The van der Waals surface area contributed by atoms with Crippen LogP contribution in [0.25, 0.3) is 5.82 Å². The molecule has 2 aliphatic rings. The van der Waals surface area contributed by atoms with Crippen molar-refractivity contribution in [2.45, 2.75) is 18.3 Å². The van der Waals surface area contributed by atoms with Gasteiger partial charge in [-0.1, -0.05) is 0 Å². The molecule has 1 aromatic heterocycles. The van der Waals surface area contributed by atoms with Gasteiger partial charge in [0.2, 0.25) is 5.91 Å². The maximum absolute atomic E-state index is 14.2. The Morgan fingerprint density at radius 1 is 1.13 bits per heavy atom. The normalized spacial score (nSPS) is 16.6. The molecule has 5 rings (SSSR count). The lowest BCUT2D eigenvalue weighted by Gasteiger charge is -2.25. The van der Waals surface area contributed by atoms with Crippen LogP contribution in [0.4, 0.5) is 20.2 Å². The van der Waals surface area contributed by atoms with Gasteiger partial charge in [0.1, 0.15) is 28.8 Å². The smallest absolute Gasteiger partial charge is 0.235 e. The van der Waals surface area contributed by atoms with Gasteiger partial charge in [-0.25, -0.2) is 8.78 Å². The highest BCUT2D eigenvalue weighted by Crippen LogP contribution is 2.50. The summed E-state index contributed by atoms with van der Waals surface area (Å²) in [5, 5.41) is 5.71. The number of nitrogens with two attached hydrogens (primary N) is 1. The third-order valence-corrected chi connectivity index (χ3v) is 6.48. The van der Waals surface area contributed by atoms with Gasteiger partial charge in [0.25, 0.3) is 0 Å². The average Bonchev–Trinajstić information content (AvgIpc) is 3.41. The zero-order valence-corrected chi connectivity index (χ0v) is 16.7. The molecular weight excluding hydrogens is 406 g/mol. The molecule has 0 bridgehead atoms. The molecule has 1 saturated carbocycles. The second kappa shape index (κ2) is 6.91. The summed E-state index contributed by atoms with van der Waals surface area (Å²) >= 11 is 1.55. The number of anilines is 2. The predicted octanol–water partition coefficient (Wildman–Crippen LogP) is 2.82. The number of hydrogen-bond donors (Lipinski definition) is 2. The highest BCUT2D eigenvalue weighted by Gasteiger charge is 2.53. The van der Waals surface area contributed by atoms with E-state index in [9.17, 15) is 13.6 Å². The highest BCUT2D eigenvalue weighted by molar-refractivity contribution is 7.07. The minimum Gasteiger partial charge on any atom is -0.384 e. The van der Waals surface area contributed by atoms with Gasteiger partial charge in [-0.3, -0.25) is 9.79 Å². The fourth-order valence-corrected chi connectivity index (χ4v) is 4.54. The molecule has 0 unspecified atom stereocenters. The van der Waals surface area contributed by atoms with Crippen molar-refractivity contribution in [2.75, 3.05) is 16.9 Å². The molecule has 0 radical (unpaired) electrons. The highest BCUT2D eigenvalue weighted by atomic mass is 32.1. The van der Waals surface area contributed by atoms with Gasteiger partial charge in [-0.05, 0) is 66.8 Å². The first-order chi connectivity index (χ1) is 14.5. The molecule has 3 N–H and O–H groups in total. The van der Waals surface area contributed by atoms with Gasteiger partial charge in [0, 0.05) is 16.9 Å². The second-order valence-electron chi connectivity index (χ2n) is 7.46. The van der Waals surface area contributed by atoms with Gasteiger partial charge in [-0.15, -0.1) is 11.3 Å². The first-order valence-corrected chi connectivity index (χ1v) is 10.4. The first-order valence-electron chi connectivity index (χ1n) is 9.50. The van der Waals surface area contributed by atoms with Crippen LogP contribution in [0.5, 0.6) is 0 Å². The minimum absolute atomic E-state index is 0.112. The van der Waals surface area contributed by atoms with E-state index < -0.39 is 17.0 Å². The number of nitrogens with one attached hydrogen (secondary N) is 1. The summed E-state index contributed by atoms with van der Waals surface area (Å²) in [4.78, 5) is 19.3. The number of amides is 1. The predicted molar refractivity (Wildman–Crippen MR) is 112 cm³/mol. The van der Waals surface area contributed by atoms with Gasteiger partial charge in [-0.2, -0.15) is 0 Å². The molecule has 1 fully saturated rings. The van der Waals surface area contributed by atoms with Crippen LogP contribution >= 0.6 is 11.3 Å². The molecule has 3 aromatic rings. The Bertz CT molecular complexity index is 1270. The molecule has 2 aromatic carbocycles. The van der Waals surface area contributed by atoms with Crippen molar-refractivity contribution in [1.29, 1.82) is 0 Å². The summed E-state index contributed by atoms with van der Waals surface area (Å²) in [6.45, 7) is 0.424. The molecule has 0 saturated heterocycles. The monoisotopic (exact) mass is 424 g/mol. The summed E-state index contributed by atoms with van der Waals surface area (Å²) < 4.78 is 28.7. The number of carbonyl (C=O) groups excluding carboxylic acids is 1. The van der Waals surface area contributed by atoms with Crippen molar-refractivity contribution < 1.29 is 13.6 Å². The molecule has 5 nitrogen and oxygen atoms in total. The van der Waals surface area contributed by atoms with Crippen LogP contribution in [0.15, 0.2) is 58.9 Å². The number of carbonyl (C=O) groups is 1. The van der Waals surface area contributed by atoms with Crippen LogP contribution in [0.1, 0.15) is 18.4 Å². The van der Waals surface area contributed by atoms with E-state index in [2.05, 4.69) is 10.3 Å². The Morgan fingerprint density at radius 2 is 1.90 bits per heavy atom. The lowest BCUT2D eigenvalue weighted by atomic mass is 9.94. The van der Waals surface area contributed by atoms with E-state index in [-0.39, 0.29) is 11.5 Å². The van der Waals surface area contributed by atoms with Crippen LogP contribution < -0.4 is 25.8 Å². The summed E-state index contributed by atoms with van der Waals surface area (Å²) in [5.41, 5.74) is 6.83. The fraction of sp³-hybridized carbons (Fsp3) is 0.182. The molecule has 8 heteroatoms. The SMILES string of the molecule is NC1=c2ccsc2=NCN1c1ccc(NC(=O)C2(c3cc(F)ccc3F)CC2)cc1. The van der Waals surface area contributed by atoms with Crippen LogP contribution in [-0.2, 0) is 10.2 Å². The minimum atomic E-state index is -1.01. The number of fused-ring (bicyclic) bond motifs is 1. The third kappa shape index (κ3) is 3.04. The Morgan fingerprint density at radius 3 is 2.63 bits per heavy atom. The first kappa shape index (κ1) is 18.7. The number of thiophene rings is 1. The van der Waals surface area contributed by atoms with Crippen LogP contribution in [-0.4, -0.2) is 12.6 Å².